The van der Waals surface area contributed by atoms with Crippen LogP contribution in [0.2, 0.25) is 5.02 Å². The van der Waals surface area contributed by atoms with Crippen molar-refractivity contribution in [1.82, 2.24) is 0 Å². The van der Waals surface area contributed by atoms with Gasteiger partial charge in [0.05, 0.1) is 5.02 Å². The summed E-state index contributed by atoms with van der Waals surface area (Å²) < 4.78 is 1.85. The molecule has 1 nitrogen and oxygen atoms in total. The lowest BCUT2D eigenvalue weighted by molar-refractivity contribution is 0.475. The number of halogens is 2. The number of aromatic hydroxyl groups is 1. The zero-order valence-corrected chi connectivity index (χ0v) is 8.50. The molecule has 1 rings (SSSR count). The Kier molecular flexibility index (Phi) is 3.20. The Morgan fingerprint density at radius 2 is 2.18 bits per heavy atom. The van der Waals surface area contributed by atoms with Crippen LogP contribution in [0.5, 0.6) is 5.75 Å². The first-order valence-corrected chi connectivity index (χ1v) is 4.62. The molecule has 0 aromatic heterocycles. The third-order valence-electron chi connectivity index (χ3n) is 1.25. The van der Waals surface area contributed by atoms with Gasteiger partial charge in [0.25, 0.3) is 0 Å². The van der Waals surface area contributed by atoms with E-state index in [0.29, 0.717) is 5.02 Å². The van der Waals surface area contributed by atoms with E-state index < -0.39 is 0 Å². The van der Waals surface area contributed by atoms with Gasteiger partial charge in [-0.2, -0.15) is 0 Å². The Balaban J connectivity index is 3.16. The van der Waals surface area contributed by atoms with Gasteiger partial charge in [-0.1, -0.05) is 46.3 Å². The molecule has 0 spiro atoms. The third-order valence-corrected chi connectivity index (χ3v) is 2.02. The summed E-state index contributed by atoms with van der Waals surface area (Å²) in [6.45, 7) is 0. The Hall–Kier alpha value is -0.220. The molecule has 0 heterocycles. The fourth-order valence-electron chi connectivity index (χ4n) is 0.734. The van der Waals surface area contributed by atoms with Crippen molar-refractivity contribution in [3.8, 4) is 5.75 Å². The molecular weight excluding hydrogens is 274 g/mol. The summed E-state index contributed by atoms with van der Waals surface area (Å²) in [5.41, 5.74) is 0.834. The average Bonchev–Trinajstić information content (AvgIpc) is 1.99. The summed E-state index contributed by atoms with van der Waals surface area (Å²) in [6, 6.07) is 5.16. The van der Waals surface area contributed by atoms with Crippen LogP contribution in [0.1, 0.15) is 5.56 Å². The highest BCUT2D eigenvalue weighted by atomic mass is 127. The summed E-state index contributed by atoms with van der Waals surface area (Å²) >= 11 is 7.87. The lowest BCUT2D eigenvalue weighted by Crippen LogP contribution is -1.74. The molecular formula is C8H6ClIO. The molecule has 0 fully saturated rings. The smallest absolute Gasteiger partial charge is 0.134 e. The quantitative estimate of drug-likeness (QED) is 0.781. The molecule has 11 heavy (non-hydrogen) atoms. The van der Waals surface area contributed by atoms with Gasteiger partial charge in [0.15, 0.2) is 0 Å². The first kappa shape index (κ1) is 8.87. The van der Waals surface area contributed by atoms with Crippen LogP contribution in [-0.4, -0.2) is 5.11 Å². The number of phenols is 1. The molecule has 0 radical (unpaired) electrons. The summed E-state index contributed by atoms with van der Waals surface area (Å²) in [5, 5.41) is 9.56. The van der Waals surface area contributed by atoms with Crippen LogP contribution in [-0.2, 0) is 0 Å². The van der Waals surface area contributed by atoms with E-state index in [0.717, 1.165) is 5.56 Å². The van der Waals surface area contributed by atoms with Gasteiger partial charge in [0, 0.05) is 0 Å². The van der Waals surface area contributed by atoms with E-state index in [1.807, 2.05) is 16.2 Å². The first-order valence-electron chi connectivity index (χ1n) is 3.00. The Bertz CT molecular complexity index is 283. The standard InChI is InChI=1S/C8H6ClIO/c9-8-6(4-5-10)2-1-3-7(8)11/h1-5,11H/b5-4-. The molecule has 0 atom stereocenters. The minimum atomic E-state index is 0.124. The molecule has 0 aliphatic rings. The first-order chi connectivity index (χ1) is 5.25. The number of phenolic OH excluding ortho intramolecular Hbond substituents is 1. The maximum absolute atomic E-state index is 9.16. The molecule has 1 N–H and O–H groups in total. The SMILES string of the molecule is Oc1cccc(/C=C\I)c1Cl. The topological polar surface area (TPSA) is 20.2 Å². The van der Waals surface area contributed by atoms with Crippen LogP contribution in [0.25, 0.3) is 6.08 Å². The molecule has 0 bridgehead atoms. The van der Waals surface area contributed by atoms with Gasteiger partial charge in [0.1, 0.15) is 5.75 Å². The Labute approximate surface area is 83.8 Å². The van der Waals surface area contributed by atoms with Crippen LogP contribution in [0.3, 0.4) is 0 Å². The summed E-state index contributed by atoms with van der Waals surface area (Å²) in [5.74, 6) is 0.124. The zero-order valence-electron chi connectivity index (χ0n) is 5.59. The molecule has 0 amide bonds. The molecule has 0 unspecified atom stereocenters. The van der Waals surface area contributed by atoms with Crippen molar-refractivity contribution in [3.05, 3.63) is 32.9 Å². The van der Waals surface area contributed by atoms with Gasteiger partial charge in [-0.15, -0.1) is 0 Å². The van der Waals surface area contributed by atoms with Crippen molar-refractivity contribution in [2.45, 2.75) is 0 Å². The average molecular weight is 280 g/mol. The van der Waals surface area contributed by atoms with E-state index in [4.69, 9.17) is 16.7 Å². The van der Waals surface area contributed by atoms with Crippen LogP contribution < -0.4 is 0 Å². The van der Waals surface area contributed by atoms with E-state index in [2.05, 4.69) is 22.6 Å². The Morgan fingerprint density at radius 1 is 1.45 bits per heavy atom. The van der Waals surface area contributed by atoms with E-state index >= 15 is 0 Å². The number of hydrogen-bond donors (Lipinski definition) is 1. The van der Waals surface area contributed by atoms with Gasteiger partial charge in [-0.05, 0) is 21.8 Å². The van der Waals surface area contributed by atoms with Crippen LogP contribution in [0.15, 0.2) is 22.3 Å². The van der Waals surface area contributed by atoms with Gasteiger partial charge in [-0.25, -0.2) is 0 Å². The number of hydrogen-bond acceptors (Lipinski definition) is 1. The van der Waals surface area contributed by atoms with Crippen molar-refractivity contribution in [2.75, 3.05) is 0 Å². The van der Waals surface area contributed by atoms with E-state index in [9.17, 15) is 0 Å². The molecule has 1 aromatic carbocycles. The van der Waals surface area contributed by atoms with Gasteiger partial charge >= 0.3 is 0 Å². The predicted molar refractivity (Wildman–Crippen MR) is 56.2 cm³/mol. The lowest BCUT2D eigenvalue weighted by Gasteiger charge is -1.98. The van der Waals surface area contributed by atoms with Crippen molar-refractivity contribution >= 4 is 40.3 Å². The maximum Gasteiger partial charge on any atom is 0.134 e. The second-order valence-electron chi connectivity index (χ2n) is 1.97. The van der Waals surface area contributed by atoms with E-state index in [-0.39, 0.29) is 5.75 Å². The molecule has 0 aliphatic heterocycles. The Morgan fingerprint density at radius 3 is 2.82 bits per heavy atom. The molecule has 0 saturated heterocycles. The molecule has 1 aromatic rings. The third kappa shape index (κ3) is 2.10. The zero-order chi connectivity index (χ0) is 8.27. The summed E-state index contributed by atoms with van der Waals surface area (Å²) in [7, 11) is 0. The molecule has 3 heteroatoms. The second kappa shape index (κ2) is 3.97. The maximum atomic E-state index is 9.16. The monoisotopic (exact) mass is 280 g/mol. The van der Waals surface area contributed by atoms with E-state index in [1.165, 1.54) is 0 Å². The van der Waals surface area contributed by atoms with Crippen molar-refractivity contribution in [2.24, 2.45) is 0 Å². The second-order valence-corrected chi connectivity index (χ2v) is 3.07. The van der Waals surface area contributed by atoms with Crippen LogP contribution in [0, 0.1) is 0 Å². The number of benzene rings is 1. The van der Waals surface area contributed by atoms with Crippen molar-refractivity contribution in [1.29, 1.82) is 0 Å². The lowest BCUT2D eigenvalue weighted by atomic mass is 10.2. The fraction of sp³-hybridized carbons (Fsp3) is 0. The molecule has 0 saturated carbocycles. The minimum absolute atomic E-state index is 0.124. The number of rotatable bonds is 1. The highest BCUT2D eigenvalue weighted by molar-refractivity contribution is 14.1. The molecule has 0 aliphatic carbocycles. The highest BCUT2D eigenvalue weighted by Gasteiger charge is 1.99. The normalized spacial score (nSPS) is 10.7. The van der Waals surface area contributed by atoms with Crippen molar-refractivity contribution < 1.29 is 5.11 Å². The fourth-order valence-corrected chi connectivity index (χ4v) is 1.31. The van der Waals surface area contributed by atoms with Crippen LogP contribution in [0.4, 0.5) is 0 Å². The van der Waals surface area contributed by atoms with Gasteiger partial charge < -0.3 is 5.11 Å². The van der Waals surface area contributed by atoms with Gasteiger partial charge in [-0.3, -0.25) is 0 Å². The summed E-state index contributed by atoms with van der Waals surface area (Å²) in [6.07, 6.45) is 1.84. The van der Waals surface area contributed by atoms with Crippen molar-refractivity contribution in [3.63, 3.8) is 0 Å². The van der Waals surface area contributed by atoms with Crippen LogP contribution >= 0.6 is 34.2 Å². The molecule has 58 valence electrons. The minimum Gasteiger partial charge on any atom is -0.506 e. The predicted octanol–water partition coefficient (Wildman–Crippen LogP) is 3.45. The largest absolute Gasteiger partial charge is 0.506 e. The van der Waals surface area contributed by atoms with Gasteiger partial charge in [0.2, 0.25) is 0 Å². The highest BCUT2D eigenvalue weighted by Crippen LogP contribution is 2.27. The summed E-state index contributed by atoms with van der Waals surface area (Å²) in [4.78, 5) is 0. The van der Waals surface area contributed by atoms with E-state index in [1.54, 1.807) is 12.1 Å².